The van der Waals surface area contributed by atoms with Gasteiger partial charge in [0.2, 0.25) is 5.95 Å². The van der Waals surface area contributed by atoms with Gasteiger partial charge in [-0.05, 0) is 71.1 Å². The van der Waals surface area contributed by atoms with Crippen LogP contribution in [0.5, 0.6) is 0 Å². The highest BCUT2D eigenvalue weighted by Gasteiger charge is 2.39. The lowest BCUT2D eigenvalue weighted by Gasteiger charge is -2.40. The number of anilines is 3. The summed E-state index contributed by atoms with van der Waals surface area (Å²) in [7, 11) is 0. The first kappa shape index (κ1) is 26.5. The van der Waals surface area contributed by atoms with E-state index in [1.165, 1.54) is 0 Å². The molecule has 10 nitrogen and oxygen atoms in total. The number of hydrogen-bond acceptors (Lipinski definition) is 8. The maximum Gasteiger partial charge on any atom is 0.227 e. The van der Waals surface area contributed by atoms with Gasteiger partial charge in [-0.1, -0.05) is 13.0 Å². The highest BCUT2D eigenvalue weighted by Crippen LogP contribution is 2.38. The minimum atomic E-state index is -0.301. The van der Waals surface area contributed by atoms with Crippen molar-refractivity contribution in [1.29, 1.82) is 0 Å². The first-order valence-corrected chi connectivity index (χ1v) is 13.7. The molecule has 204 valence electrons. The van der Waals surface area contributed by atoms with Crippen molar-refractivity contribution < 1.29 is 4.79 Å². The Bertz CT molecular complexity index is 1450. The number of carbonyl (C=O) groups excluding carboxylic acids is 1. The fourth-order valence-electron chi connectivity index (χ4n) is 5.41. The van der Waals surface area contributed by atoms with E-state index < -0.39 is 0 Å². The molecule has 4 aromatic heterocycles. The van der Waals surface area contributed by atoms with Crippen molar-refractivity contribution in [2.45, 2.75) is 66.7 Å². The van der Waals surface area contributed by atoms with Crippen molar-refractivity contribution in [3.8, 4) is 5.82 Å². The summed E-state index contributed by atoms with van der Waals surface area (Å²) >= 11 is 0. The van der Waals surface area contributed by atoms with Crippen molar-refractivity contribution in [3.05, 3.63) is 64.9 Å². The second kappa shape index (κ2) is 11.0. The van der Waals surface area contributed by atoms with E-state index in [0.717, 1.165) is 72.3 Å². The number of H-pyrrole nitrogens is 1. The average molecular weight is 528 g/mol. The zero-order chi connectivity index (χ0) is 27.6. The van der Waals surface area contributed by atoms with Crippen LogP contribution in [0.1, 0.15) is 60.9 Å². The van der Waals surface area contributed by atoms with Gasteiger partial charge in [0.1, 0.15) is 11.6 Å². The van der Waals surface area contributed by atoms with E-state index in [9.17, 15) is 4.79 Å². The normalized spacial score (nSPS) is 14.9. The summed E-state index contributed by atoms with van der Waals surface area (Å²) in [5.41, 5.74) is 4.65. The molecular formula is C29H37N9O. The number of aromatic amines is 1. The van der Waals surface area contributed by atoms with Gasteiger partial charge < -0.3 is 10.2 Å². The summed E-state index contributed by atoms with van der Waals surface area (Å²) in [4.78, 5) is 29.7. The van der Waals surface area contributed by atoms with E-state index in [1.807, 2.05) is 62.8 Å². The monoisotopic (exact) mass is 527 g/mol. The van der Waals surface area contributed by atoms with E-state index in [0.29, 0.717) is 30.4 Å². The Morgan fingerprint density at radius 2 is 1.82 bits per heavy atom. The summed E-state index contributed by atoms with van der Waals surface area (Å²) in [5, 5.41) is 14.9. The first-order chi connectivity index (χ1) is 18.7. The van der Waals surface area contributed by atoms with Gasteiger partial charge in [-0.15, -0.1) is 0 Å². The molecule has 1 aliphatic heterocycles. The van der Waals surface area contributed by atoms with Crippen LogP contribution in [0.15, 0.2) is 36.5 Å². The molecule has 2 N–H and O–H groups in total. The number of rotatable bonds is 9. The average Bonchev–Trinajstić information content (AvgIpc) is 3.50. The first-order valence-electron chi connectivity index (χ1n) is 13.7. The number of Topliss-reactive ketones (excluding diaryl/α,β-unsaturated/α-hetero) is 1. The number of nitrogens with zero attached hydrogens (tertiary/aromatic N) is 7. The molecule has 0 spiro atoms. The molecule has 0 radical (unpaired) electrons. The van der Waals surface area contributed by atoms with Gasteiger partial charge in [0.05, 0.1) is 5.69 Å². The summed E-state index contributed by atoms with van der Waals surface area (Å²) in [6, 6.07) is 9.91. The number of ketones is 1. The Balaban J connectivity index is 1.19. The molecule has 0 bridgehead atoms. The molecular weight excluding hydrogens is 490 g/mol. The molecule has 0 aliphatic carbocycles. The lowest BCUT2D eigenvalue weighted by molar-refractivity contribution is -0.130. The summed E-state index contributed by atoms with van der Waals surface area (Å²) in [5.74, 6) is 3.26. The second-order valence-electron chi connectivity index (χ2n) is 10.7. The zero-order valence-electron chi connectivity index (χ0n) is 23.5. The van der Waals surface area contributed by atoms with Gasteiger partial charge in [-0.3, -0.25) is 9.89 Å². The molecule has 0 aromatic carbocycles. The number of piperidine rings is 1. The fraction of sp³-hybridized carbons (Fsp3) is 0.448. The minimum absolute atomic E-state index is 0.301. The van der Waals surface area contributed by atoms with E-state index in [-0.39, 0.29) is 5.41 Å². The third-order valence-corrected chi connectivity index (χ3v) is 7.75. The number of hydrogen-bond donors (Lipinski definition) is 2. The molecule has 5 rings (SSSR count). The van der Waals surface area contributed by atoms with Gasteiger partial charge in [0, 0.05) is 60.3 Å². The number of aryl methyl sites for hydroxylation is 5. The van der Waals surface area contributed by atoms with Crippen LogP contribution in [0, 0.1) is 33.1 Å². The number of carbonyl (C=O) groups is 1. The maximum absolute atomic E-state index is 13.5. The van der Waals surface area contributed by atoms with E-state index in [1.54, 1.807) is 0 Å². The minimum Gasteiger partial charge on any atom is -0.341 e. The van der Waals surface area contributed by atoms with Crippen molar-refractivity contribution in [3.63, 3.8) is 0 Å². The second-order valence-corrected chi connectivity index (χ2v) is 10.7. The maximum atomic E-state index is 13.5. The number of nitrogens with one attached hydrogen (secondary N) is 2. The van der Waals surface area contributed by atoms with Gasteiger partial charge in [0.25, 0.3) is 0 Å². The Kier molecular flexibility index (Phi) is 7.45. The SMILES string of the molecule is CCC1(C(=O)CCc2ccc(-n3nc(C)cc3C)nc2)CCN(c2nc(C)cc(Nc3cc(C)[nH]n3)n2)CC1. The Morgan fingerprint density at radius 3 is 2.44 bits per heavy atom. The van der Waals surface area contributed by atoms with Crippen LogP contribution in [0.2, 0.25) is 0 Å². The molecule has 1 fully saturated rings. The molecule has 1 saturated heterocycles. The van der Waals surface area contributed by atoms with Crippen LogP contribution >= 0.6 is 0 Å². The lowest BCUT2D eigenvalue weighted by atomic mass is 9.71. The zero-order valence-corrected chi connectivity index (χ0v) is 23.5. The summed E-state index contributed by atoms with van der Waals surface area (Å²) in [6.07, 6.45) is 5.52. The van der Waals surface area contributed by atoms with Gasteiger partial charge in [0.15, 0.2) is 11.6 Å². The molecule has 0 saturated carbocycles. The quantitative estimate of drug-likeness (QED) is 0.314. The van der Waals surface area contributed by atoms with E-state index >= 15 is 0 Å². The Morgan fingerprint density at radius 1 is 1.03 bits per heavy atom. The van der Waals surface area contributed by atoms with Crippen molar-refractivity contribution in [2.24, 2.45) is 5.41 Å². The van der Waals surface area contributed by atoms with Gasteiger partial charge in [-0.25, -0.2) is 14.6 Å². The van der Waals surface area contributed by atoms with Gasteiger partial charge in [-0.2, -0.15) is 15.2 Å². The van der Waals surface area contributed by atoms with E-state index in [2.05, 4.69) is 48.5 Å². The van der Waals surface area contributed by atoms with Crippen LogP contribution < -0.4 is 10.2 Å². The highest BCUT2D eigenvalue weighted by molar-refractivity contribution is 5.85. The van der Waals surface area contributed by atoms with Crippen molar-refractivity contribution >= 4 is 23.4 Å². The molecule has 5 heterocycles. The molecule has 10 heteroatoms. The summed E-state index contributed by atoms with van der Waals surface area (Å²) in [6.45, 7) is 11.6. The highest BCUT2D eigenvalue weighted by atomic mass is 16.1. The largest absolute Gasteiger partial charge is 0.341 e. The van der Waals surface area contributed by atoms with Crippen LogP contribution in [0.3, 0.4) is 0 Å². The topological polar surface area (TPSA) is 118 Å². The molecule has 4 aromatic rings. The molecule has 1 aliphatic rings. The van der Waals surface area contributed by atoms with Crippen LogP contribution in [-0.4, -0.2) is 53.8 Å². The third kappa shape index (κ3) is 5.84. The standard InChI is InChI=1S/C29H37N9O/c1-6-29(24(39)9-7-23-8-10-27(30-18-23)38-22(5)15-21(4)36-38)11-13-37(14-12-29)28-31-19(2)16-25(33-28)32-26-17-20(3)34-35-26/h8,10,15-18H,6-7,9,11-14H2,1-5H3,(H2,31,32,33,34,35). The van der Waals surface area contributed by atoms with Gasteiger partial charge >= 0.3 is 0 Å². The molecule has 0 unspecified atom stereocenters. The third-order valence-electron chi connectivity index (χ3n) is 7.75. The predicted octanol–water partition coefficient (Wildman–Crippen LogP) is 4.96. The van der Waals surface area contributed by atoms with Crippen molar-refractivity contribution in [1.82, 2.24) is 34.9 Å². The molecule has 0 atom stereocenters. The lowest BCUT2D eigenvalue weighted by Crippen LogP contribution is -2.45. The Hall–Kier alpha value is -4.08. The van der Waals surface area contributed by atoms with Crippen LogP contribution in [0.25, 0.3) is 5.82 Å². The van der Waals surface area contributed by atoms with Crippen LogP contribution in [0.4, 0.5) is 17.6 Å². The smallest absolute Gasteiger partial charge is 0.227 e. The Labute approximate surface area is 229 Å². The fourth-order valence-corrected chi connectivity index (χ4v) is 5.41. The predicted molar refractivity (Wildman–Crippen MR) is 152 cm³/mol. The molecule has 0 amide bonds. The number of pyridine rings is 1. The van der Waals surface area contributed by atoms with Crippen LogP contribution in [-0.2, 0) is 11.2 Å². The van der Waals surface area contributed by atoms with E-state index in [4.69, 9.17) is 4.98 Å². The van der Waals surface area contributed by atoms with Crippen molar-refractivity contribution in [2.75, 3.05) is 23.3 Å². The summed E-state index contributed by atoms with van der Waals surface area (Å²) < 4.78 is 1.85. The molecule has 39 heavy (non-hydrogen) atoms. The number of aromatic nitrogens is 7.